The number of nitrogens with one attached hydrogen (secondary N) is 2. The summed E-state index contributed by atoms with van der Waals surface area (Å²) in [6, 6.07) is 7.75. The predicted octanol–water partition coefficient (Wildman–Crippen LogP) is 3.96. The normalized spacial score (nSPS) is 15.9. The van der Waals surface area contributed by atoms with Gasteiger partial charge in [-0.2, -0.15) is 0 Å². The molecule has 8 heteroatoms. The Bertz CT molecular complexity index is 1120. The second-order valence-electron chi connectivity index (χ2n) is 7.53. The summed E-state index contributed by atoms with van der Waals surface area (Å²) in [7, 11) is 0. The number of fused-ring (bicyclic) bond motifs is 1. The van der Waals surface area contributed by atoms with E-state index in [2.05, 4.69) is 15.6 Å². The van der Waals surface area contributed by atoms with Gasteiger partial charge in [0.2, 0.25) is 11.8 Å². The molecule has 2 amide bonds. The fourth-order valence-electron chi connectivity index (χ4n) is 3.04. The number of carbonyl (C=O) groups is 2. The van der Waals surface area contributed by atoms with Crippen LogP contribution in [0.3, 0.4) is 0 Å². The summed E-state index contributed by atoms with van der Waals surface area (Å²) < 4.78 is 21.8. The topological polar surface area (TPSA) is 84.7 Å². The quantitative estimate of drug-likeness (QED) is 0.663. The molecule has 2 N–H and O–H groups in total. The van der Waals surface area contributed by atoms with Crippen LogP contribution in [0, 0.1) is 17.7 Å². The summed E-state index contributed by atoms with van der Waals surface area (Å²) in [5.41, 5.74) is 1.05. The molecule has 148 valence electrons. The van der Waals surface area contributed by atoms with Crippen molar-refractivity contribution in [2.45, 2.75) is 25.7 Å². The number of nitrogens with zero attached hydrogens (tertiary/aromatic N) is 2. The molecule has 2 aliphatic rings. The molecule has 0 atom stereocenters. The minimum atomic E-state index is -0.568. The average Bonchev–Trinajstić information content (AvgIpc) is 3.59. The number of carbonyl (C=O) groups excluding carboxylic acids is 2. The Morgan fingerprint density at radius 2 is 1.72 bits per heavy atom. The van der Waals surface area contributed by atoms with E-state index in [9.17, 15) is 14.0 Å². The minimum absolute atomic E-state index is 0.0131. The zero-order valence-corrected chi connectivity index (χ0v) is 15.5. The molecular weight excluding hydrogens is 375 g/mol. The molecule has 2 heterocycles. The standard InChI is InChI=1S/C21H19FN4O3/c22-16-9-14(23-20(27)12-1-2-12)5-7-17(16)29-15-6-8-19-24-18(11-26(19)10-15)25-21(28)13-3-4-13/h5-13H,1-4H2,(H,23,27)(H,25,28). The maximum absolute atomic E-state index is 14.4. The molecule has 0 radical (unpaired) electrons. The van der Waals surface area contributed by atoms with Gasteiger partial charge in [0.1, 0.15) is 11.4 Å². The Kier molecular flexibility index (Phi) is 4.19. The van der Waals surface area contributed by atoms with Crippen LogP contribution in [0.15, 0.2) is 42.7 Å². The van der Waals surface area contributed by atoms with Crippen molar-refractivity contribution in [3.63, 3.8) is 0 Å². The Labute approximate surface area is 165 Å². The number of aromatic nitrogens is 2. The van der Waals surface area contributed by atoms with Gasteiger partial charge in [0, 0.05) is 23.6 Å². The first-order valence-corrected chi connectivity index (χ1v) is 9.63. The number of anilines is 2. The van der Waals surface area contributed by atoms with Crippen molar-refractivity contribution in [1.82, 2.24) is 9.38 Å². The van der Waals surface area contributed by atoms with Crippen LogP contribution < -0.4 is 15.4 Å². The lowest BCUT2D eigenvalue weighted by Gasteiger charge is -2.09. The van der Waals surface area contributed by atoms with Gasteiger partial charge in [-0.25, -0.2) is 9.37 Å². The first kappa shape index (κ1) is 17.7. The summed E-state index contributed by atoms with van der Waals surface area (Å²) in [5, 5.41) is 5.51. The van der Waals surface area contributed by atoms with E-state index in [0.717, 1.165) is 25.7 Å². The van der Waals surface area contributed by atoms with Crippen LogP contribution in [-0.2, 0) is 9.59 Å². The van der Waals surface area contributed by atoms with Gasteiger partial charge in [-0.05, 0) is 49.9 Å². The highest BCUT2D eigenvalue weighted by Crippen LogP contribution is 2.32. The van der Waals surface area contributed by atoms with Gasteiger partial charge in [-0.1, -0.05) is 0 Å². The average molecular weight is 394 g/mol. The van der Waals surface area contributed by atoms with Crippen molar-refractivity contribution in [1.29, 1.82) is 0 Å². The first-order chi connectivity index (χ1) is 14.0. The second-order valence-corrected chi connectivity index (χ2v) is 7.53. The van der Waals surface area contributed by atoms with Crippen molar-refractivity contribution < 1.29 is 18.7 Å². The van der Waals surface area contributed by atoms with Gasteiger partial charge < -0.3 is 19.8 Å². The van der Waals surface area contributed by atoms with Gasteiger partial charge in [-0.15, -0.1) is 0 Å². The van der Waals surface area contributed by atoms with Crippen LogP contribution in [0.5, 0.6) is 11.5 Å². The number of rotatable bonds is 6. The number of benzene rings is 1. The zero-order valence-electron chi connectivity index (χ0n) is 15.5. The van der Waals surface area contributed by atoms with E-state index in [4.69, 9.17) is 4.74 Å². The minimum Gasteiger partial charge on any atom is -0.453 e. The van der Waals surface area contributed by atoms with Gasteiger partial charge in [-0.3, -0.25) is 9.59 Å². The van der Waals surface area contributed by atoms with E-state index in [-0.39, 0.29) is 29.4 Å². The van der Waals surface area contributed by atoms with Crippen LogP contribution in [0.1, 0.15) is 25.7 Å². The molecule has 7 nitrogen and oxygen atoms in total. The summed E-state index contributed by atoms with van der Waals surface area (Å²) in [4.78, 5) is 28.0. The fraction of sp³-hybridized carbons (Fsp3) is 0.286. The van der Waals surface area contributed by atoms with Gasteiger partial charge in [0.25, 0.3) is 0 Å². The fourth-order valence-corrected chi connectivity index (χ4v) is 3.04. The molecule has 29 heavy (non-hydrogen) atoms. The number of pyridine rings is 1. The molecule has 0 bridgehead atoms. The Balaban J connectivity index is 1.30. The lowest BCUT2D eigenvalue weighted by Crippen LogP contribution is -2.13. The zero-order chi connectivity index (χ0) is 20.0. The molecule has 2 aromatic heterocycles. The number of halogens is 1. The van der Waals surface area contributed by atoms with Gasteiger partial charge in [0.15, 0.2) is 17.4 Å². The maximum atomic E-state index is 14.4. The third-order valence-electron chi connectivity index (χ3n) is 5.00. The highest BCUT2D eigenvalue weighted by molar-refractivity contribution is 5.94. The van der Waals surface area contributed by atoms with Crippen molar-refractivity contribution in [3.8, 4) is 11.5 Å². The third kappa shape index (κ3) is 3.91. The van der Waals surface area contributed by atoms with Crippen molar-refractivity contribution in [3.05, 3.63) is 48.5 Å². The van der Waals surface area contributed by atoms with E-state index >= 15 is 0 Å². The van der Waals surface area contributed by atoms with E-state index < -0.39 is 5.82 Å². The number of ether oxygens (including phenoxy) is 1. The Morgan fingerprint density at radius 3 is 2.41 bits per heavy atom. The predicted molar refractivity (Wildman–Crippen MR) is 104 cm³/mol. The lowest BCUT2D eigenvalue weighted by atomic mass is 10.2. The van der Waals surface area contributed by atoms with Crippen LogP contribution in [0.4, 0.5) is 15.9 Å². The molecule has 0 aliphatic heterocycles. The molecule has 2 saturated carbocycles. The maximum Gasteiger partial charge on any atom is 0.228 e. The molecule has 2 fully saturated rings. The van der Waals surface area contributed by atoms with E-state index in [1.54, 1.807) is 35.0 Å². The molecule has 1 aromatic carbocycles. The van der Waals surface area contributed by atoms with Gasteiger partial charge >= 0.3 is 0 Å². The van der Waals surface area contributed by atoms with Crippen molar-refractivity contribution in [2.24, 2.45) is 11.8 Å². The molecule has 5 rings (SSSR count). The van der Waals surface area contributed by atoms with Crippen molar-refractivity contribution >= 4 is 29.0 Å². The molecule has 2 aliphatic carbocycles. The molecule has 0 spiro atoms. The highest BCUT2D eigenvalue weighted by atomic mass is 19.1. The van der Waals surface area contributed by atoms with Crippen LogP contribution >= 0.6 is 0 Å². The molecular formula is C21H19FN4O3. The largest absolute Gasteiger partial charge is 0.453 e. The summed E-state index contributed by atoms with van der Waals surface area (Å²) in [6.45, 7) is 0. The smallest absolute Gasteiger partial charge is 0.228 e. The number of imidazole rings is 1. The van der Waals surface area contributed by atoms with E-state index in [0.29, 0.717) is 22.9 Å². The van der Waals surface area contributed by atoms with Crippen molar-refractivity contribution in [2.75, 3.05) is 10.6 Å². The monoisotopic (exact) mass is 394 g/mol. The summed E-state index contributed by atoms with van der Waals surface area (Å²) in [6.07, 6.45) is 6.97. The first-order valence-electron chi connectivity index (χ1n) is 9.63. The van der Waals surface area contributed by atoms with Crippen LogP contribution in [0.25, 0.3) is 5.65 Å². The van der Waals surface area contributed by atoms with Crippen LogP contribution in [-0.4, -0.2) is 21.2 Å². The summed E-state index contributed by atoms with van der Waals surface area (Å²) >= 11 is 0. The summed E-state index contributed by atoms with van der Waals surface area (Å²) in [5.74, 6) is 0.435. The second kappa shape index (κ2) is 6.88. The molecule has 0 saturated heterocycles. The SMILES string of the molecule is O=C(Nc1ccc(Oc2ccc3nc(NC(=O)C4CC4)cn3c2)c(F)c1)C1CC1. The number of hydrogen-bond donors (Lipinski definition) is 2. The van der Waals surface area contributed by atoms with Gasteiger partial charge in [0.05, 0.1) is 12.4 Å². The highest BCUT2D eigenvalue weighted by Gasteiger charge is 2.30. The third-order valence-corrected chi connectivity index (χ3v) is 5.00. The molecule has 0 unspecified atom stereocenters. The lowest BCUT2D eigenvalue weighted by molar-refractivity contribution is -0.118. The number of amides is 2. The number of hydrogen-bond acceptors (Lipinski definition) is 4. The Hall–Kier alpha value is -3.42. The Morgan fingerprint density at radius 1 is 1.00 bits per heavy atom. The van der Waals surface area contributed by atoms with E-state index in [1.165, 1.54) is 12.1 Å². The van der Waals surface area contributed by atoms with Crippen LogP contribution in [0.2, 0.25) is 0 Å². The molecule has 3 aromatic rings. The van der Waals surface area contributed by atoms with E-state index in [1.807, 2.05) is 0 Å².